The molecule has 2 aliphatic carbocycles. The van der Waals surface area contributed by atoms with Crippen LogP contribution in [-0.4, -0.2) is 24.7 Å². The highest BCUT2D eigenvalue weighted by molar-refractivity contribution is 5.91. The summed E-state index contributed by atoms with van der Waals surface area (Å²) in [5.74, 6) is 0.0420. The SMILES string of the molecule is COC1(CC(=O)Nc2ccc(CNC3CC3)cc2)CCC1. The van der Waals surface area contributed by atoms with Gasteiger partial charge in [0.2, 0.25) is 5.91 Å². The van der Waals surface area contributed by atoms with Gasteiger partial charge in [0, 0.05) is 25.4 Å². The van der Waals surface area contributed by atoms with Crippen molar-refractivity contribution in [3.63, 3.8) is 0 Å². The van der Waals surface area contributed by atoms with Crippen molar-refractivity contribution in [1.29, 1.82) is 0 Å². The Morgan fingerprint density at radius 3 is 2.52 bits per heavy atom. The van der Waals surface area contributed by atoms with E-state index >= 15 is 0 Å². The number of hydrogen-bond donors (Lipinski definition) is 2. The third-order valence-corrected chi connectivity index (χ3v) is 4.59. The molecule has 2 aliphatic rings. The quantitative estimate of drug-likeness (QED) is 0.811. The number of carbonyl (C=O) groups excluding carboxylic acids is 1. The maximum Gasteiger partial charge on any atom is 0.227 e. The highest BCUT2D eigenvalue weighted by atomic mass is 16.5. The van der Waals surface area contributed by atoms with Crippen LogP contribution in [-0.2, 0) is 16.1 Å². The van der Waals surface area contributed by atoms with Crippen LogP contribution in [0.25, 0.3) is 0 Å². The van der Waals surface area contributed by atoms with Gasteiger partial charge in [0.15, 0.2) is 0 Å². The van der Waals surface area contributed by atoms with Gasteiger partial charge >= 0.3 is 0 Å². The zero-order valence-electron chi connectivity index (χ0n) is 12.7. The van der Waals surface area contributed by atoms with Gasteiger partial charge in [0.1, 0.15) is 0 Å². The topological polar surface area (TPSA) is 50.4 Å². The molecule has 2 saturated carbocycles. The number of hydrogen-bond acceptors (Lipinski definition) is 3. The van der Waals surface area contributed by atoms with Crippen molar-refractivity contribution in [2.75, 3.05) is 12.4 Å². The van der Waals surface area contributed by atoms with E-state index in [-0.39, 0.29) is 11.5 Å². The maximum absolute atomic E-state index is 12.1. The number of carbonyl (C=O) groups is 1. The van der Waals surface area contributed by atoms with Crippen LogP contribution < -0.4 is 10.6 Å². The van der Waals surface area contributed by atoms with Crippen molar-refractivity contribution < 1.29 is 9.53 Å². The molecular weight excluding hydrogens is 264 g/mol. The summed E-state index contributed by atoms with van der Waals surface area (Å²) in [6, 6.07) is 8.81. The van der Waals surface area contributed by atoms with E-state index in [2.05, 4.69) is 22.8 Å². The monoisotopic (exact) mass is 288 g/mol. The minimum absolute atomic E-state index is 0.0420. The van der Waals surface area contributed by atoms with Crippen LogP contribution >= 0.6 is 0 Å². The second-order valence-electron chi connectivity index (χ2n) is 6.32. The van der Waals surface area contributed by atoms with Crippen LogP contribution in [0.5, 0.6) is 0 Å². The first-order valence-corrected chi connectivity index (χ1v) is 7.86. The Morgan fingerprint density at radius 2 is 2.00 bits per heavy atom. The van der Waals surface area contributed by atoms with E-state index < -0.39 is 0 Å². The molecule has 3 rings (SSSR count). The Morgan fingerprint density at radius 1 is 1.29 bits per heavy atom. The fraction of sp³-hybridized carbons (Fsp3) is 0.588. The number of anilines is 1. The van der Waals surface area contributed by atoms with Crippen molar-refractivity contribution in [3.05, 3.63) is 29.8 Å². The van der Waals surface area contributed by atoms with Crippen molar-refractivity contribution in [1.82, 2.24) is 5.32 Å². The Bertz CT molecular complexity index is 485. The zero-order valence-corrected chi connectivity index (χ0v) is 12.7. The van der Waals surface area contributed by atoms with E-state index in [9.17, 15) is 4.79 Å². The van der Waals surface area contributed by atoms with Gasteiger partial charge < -0.3 is 15.4 Å². The average Bonchev–Trinajstić information content (AvgIpc) is 3.26. The number of benzene rings is 1. The minimum Gasteiger partial charge on any atom is -0.378 e. The summed E-state index contributed by atoms with van der Waals surface area (Å²) in [6.45, 7) is 0.908. The zero-order chi connectivity index (χ0) is 14.7. The largest absolute Gasteiger partial charge is 0.378 e. The molecule has 0 spiro atoms. The lowest BCUT2D eigenvalue weighted by atomic mass is 9.77. The molecule has 0 aliphatic heterocycles. The number of methoxy groups -OCH3 is 1. The molecule has 2 fully saturated rings. The molecule has 1 aromatic carbocycles. The van der Waals surface area contributed by atoms with Crippen molar-refractivity contribution >= 4 is 11.6 Å². The number of amides is 1. The molecule has 4 nitrogen and oxygen atoms in total. The Kier molecular flexibility index (Phi) is 4.27. The standard InChI is InChI=1S/C17H24N2O2/c1-21-17(9-2-10-17)11-16(20)19-15-5-3-13(4-6-15)12-18-14-7-8-14/h3-6,14,18H,2,7-12H2,1H3,(H,19,20). The lowest BCUT2D eigenvalue weighted by molar-refractivity contribution is -0.129. The summed E-state index contributed by atoms with van der Waals surface area (Å²) in [4.78, 5) is 12.1. The summed E-state index contributed by atoms with van der Waals surface area (Å²) in [6.07, 6.45) is 6.19. The summed E-state index contributed by atoms with van der Waals surface area (Å²) in [7, 11) is 1.70. The molecule has 21 heavy (non-hydrogen) atoms. The summed E-state index contributed by atoms with van der Waals surface area (Å²) >= 11 is 0. The van der Waals surface area contributed by atoms with E-state index in [1.54, 1.807) is 7.11 Å². The number of rotatable bonds is 7. The predicted octanol–water partition coefficient (Wildman–Crippen LogP) is 2.84. The first-order valence-electron chi connectivity index (χ1n) is 7.86. The fourth-order valence-corrected chi connectivity index (χ4v) is 2.78. The highest BCUT2D eigenvalue weighted by Crippen LogP contribution is 2.38. The van der Waals surface area contributed by atoms with Gasteiger partial charge in [0.05, 0.1) is 12.0 Å². The normalized spacial score (nSPS) is 19.9. The lowest BCUT2D eigenvalue weighted by Gasteiger charge is -2.39. The van der Waals surface area contributed by atoms with E-state index in [0.29, 0.717) is 6.42 Å². The lowest BCUT2D eigenvalue weighted by Crippen LogP contribution is -2.42. The molecule has 2 N–H and O–H groups in total. The average molecular weight is 288 g/mol. The molecule has 114 valence electrons. The minimum atomic E-state index is -0.210. The van der Waals surface area contributed by atoms with Gasteiger partial charge in [-0.25, -0.2) is 0 Å². The number of nitrogens with one attached hydrogen (secondary N) is 2. The van der Waals surface area contributed by atoms with Crippen LogP contribution in [0.4, 0.5) is 5.69 Å². The maximum atomic E-state index is 12.1. The molecule has 0 aromatic heterocycles. The Labute approximate surface area is 126 Å². The molecule has 0 bridgehead atoms. The van der Waals surface area contributed by atoms with Gasteiger partial charge in [0.25, 0.3) is 0 Å². The molecule has 1 aromatic rings. The predicted molar refractivity (Wildman–Crippen MR) is 83.1 cm³/mol. The molecular formula is C17H24N2O2. The van der Waals surface area contributed by atoms with Gasteiger partial charge in [-0.3, -0.25) is 4.79 Å². The first kappa shape index (κ1) is 14.5. The third-order valence-electron chi connectivity index (χ3n) is 4.59. The third kappa shape index (κ3) is 3.83. The van der Waals surface area contributed by atoms with Crippen LogP contribution in [0.1, 0.15) is 44.1 Å². The van der Waals surface area contributed by atoms with E-state index in [1.807, 2.05) is 12.1 Å². The molecule has 0 unspecified atom stereocenters. The first-order chi connectivity index (χ1) is 10.2. The summed E-state index contributed by atoms with van der Waals surface area (Å²) in [5, 5.41) is 6.45. The smallest absolute Gasteiger partial charge is 0.227 e. The van der Waals surface area contributed by atoms with Gasteiger partial charge in [-0.15, -0.1) is 0 Å². The van der Waals surface area contributed by atoms with Crippen LogP contribution in [0.15, 0.2) is 24.3 Å². The summed E-state index contributed by atoms with van der Waals surface area (Å²) < 4.78 is 5.49. The van der Waals surface area contributed by atoms with Crippen LogP contribution in [0.2, 0.25) is 0 Å². The highest BCUT2D eigenvalue weighted by Gasteiger charge is 2.38. The van der Waals surface area contributed by atoms with Crippen LogP contribution in [0, 0.1) is 0 Å². The fourth-order valence-electron chi connectivity index (χ4n) is 2.78. The van der Waals surface area contributed by atoms with E-state index in [4.69, 9.17) is 4.74 Å². The Balaban J connectivity index is 1.48. The second kappa shape index (κ2) is 6.16. The molecule has 1 amide bonds. The second-order valence-corrected chi connectivity index (χ2v) is 6.32. The van der Waals surface area contributed by atoms with E-state index in [1.165, 1.54) is 18.4 Å². The van der Waals surface area contributed by atoms with Gasteiger partial charge in [-0.1, -0.05) is 12.1 Å². The van der Waals surface area contributed by atoms with Crippen LogP contribution in [0.3, 0.4) is 0 Å². The van der Waals surface area contributed by atoms with Crippen molar-refractivity contribution in [2.45, 2.75) is 56.7 Å². The molecule has 0 heterocycles. The van der Waals surface area contributed by atoms with Crippen molar-refractivity contribution in [2.24, 2.45) is 0 Å². The van der Waals surface area contributed by atoms with Gasteiger partial charge in [-0.05, 0) is 49.8 Å². The Hall–Kier alpha value is -1.39. The molecule has 4 heteroatoms. The molecule has 0 saturated heterocycles. The number of ether oxygens (including phenoxy) is 1. The molecule has 0 atom stereocenters. The summed E-state index contributed by atoms with van der Waals surface area (Å²) in [5.41, 5.74) is 1.91. The van der Waals surface area contributed by atoms with E-state index in [0.717, 1.165) is 37.5 Å². The van der Waals surface area contributed by atoms with Crippen molar-refractivity contribution in [3.8, 4) is 0 Å². The molecule has 0 radical (unpaired) electrons. The van der Waals surface area contributed by atoms with Gasteiger partial charge in [-0.2, -0.15) is 0 Å².